The molecule has 0 radical (unpaired) electrons. The van der Waals surface area contributed by atoms with Gasteiger partial charge in [-0.2, -0.15) is 0 Å². The van der Waals surface area contributed by atoms with Crippen molar-refractivity contribution in [2.24, 2.45) is 0 Å². The Morgan fingerprint density at radius 3 is 2.54 bits per heavy atom. The van der Waals surface area contributed by atoms with Gasteiger partial charge in [0.2, 0.25) is 11.8 Å². The van der Waals surface area contributed by atoms with Crippen molar-refractivity contribution in [3.05, 3.63) is 29.3 Å². The van der Waals surface area contributed by atoms with Gasteiger partial charge in [0, 0.05) is 24.2 Å². The molecule has 1 aromatic carbocycles. The van der Waals surface area contributed by atoms with Crippen LogP contribution in [0.5, 0.6) is 0 Å². The first-order chi connectivity index (χ1) is 12.5. The van der Waals surface area contributed by atoms with E-state index in [0.717, 1.165) is 23.6 Å². The highest BCUT2D eigenvalue weighted by Gasteiger charge is 2.44. The lowest BCUT2D eigenvalue weighted by molar-refractivity contribution is -0.136. The molecule has 0 aliphatic carbocycles. The summed E-state index contributed by atoms with van der Waals surface area (Å²) in [5.41, 5.74) is 1.36. The number of imide groups is 2. The number of rotatable bonds is 3. The Morgan fingerprint density at radius 2 is 1.85 bits per heavy atom. The molecule has 4 amide bonds. The normalized spacial score (nSPS) is 28.3. The van der Waals surface area contributed by atoms with Crippen LogP contribution in [0, 0.1) is 0 Å². The number of hydrogen-bond donors (Lipinski definition) is 3. The molecule has 0 aromatic heterocycles. The standard InChI is InChI=1S/C18H20N4O4/c1-9-13(6-7-19-9)20-10-2-3-11-12(8-10)18(26)22(17(11)25)14-4-5-15(23)21-16(14)24/h2-3,8-9,13-14,19-20H,4-7H2,1H3,(H,21,23,24)/t9-,13+,14?/m1/s1. The predicted molar refractivity (Wildman–Crippen MR) is 92.6 cm³/mol. The van der Waals surface area contributed by atoms with E-state index in [1.807, 2.05) is 0 Å². The molecule has 1 aromatic rings. The first kappa shape index (κ1) is 16.7. The number of fused-ring (bicyclic) bond motifs is 1. The summed E-state index contributed by atoms with van der Waals surface area (Å²) in [4.78, 5) is 49.8. The van der Waals surface area contributed by atoms with Crippen LogP contribution in [0.2, 0.25) is 0 Å². The molecule has 2 saturated heterocycles. The maximum atomic E-state index is 12.8. The van der Waals surface area contributed by atoms with Gasteiger partial charge >= 0.3 is 0 Å². The lowest BCUT2D eigenvalue weighted by atomic mass is 10.0. The Kier molecular flexibility index (Phi) is 3.99. The number of carbonyl (C=O) groups excluding carboxylic acids is 4. The fourth-order valence-corrected chi connectivity index (χ4v) is 3.83. The highest BCUT2D eigenvalue weighted by Crippen LogP contribution is 2.30. The number of benzene rings is 1. The molecule has 2 fully saturated rings. The van der Waals surface area contributed by atoms with Crippen molar-refractivity contribution in [1.82, 2.24) is 15.5 Å². The Morgan fingerprint density at radius 1 is 1.08 bits per heavy atom. The van der Waals surface area contributed by atoms with Crippen LogP contribution in [0.1, 0.15) is 46.9 Å². The van der Waals surface area contributed by atoms with E-state index < -0.39 is 23.8 Å². The van der Waals surface area contributed by atoms with Gasteiger partial charge in [-0.25, -0.2) is 0 Å². The molecule has 0 spiro atoms. The second kappa shape index (κ2) is 6.21. The van der Waals surface area contributed by atoms with Crippen molar-refractivity contribution in [2.45, 2.75) is 44.3 Å². The molecule has 8 heteroatoms. The molecule has 0 saturated carbocycles. The van der Waals surface area contributed by atoms with Gasteiger partial charge in [0.25, 0.3) is 11.8 Å². The highest BCUT2D eigenvalue weighted by molar-refractivity contribution is 6.23. The van der Waals surface area contributed by atoms with Crippen LogP contribution in [0.25, 0.3) is 0 Å². The van der Waals surface area contributed by atoms with Crippen molar-refractivity contribution in [3.8, 4) is 0 Å². The van der Waals surface area contributed by atoms with E-state index in [9.17, 15) is 19.2 Å². The van der Waals surface area contributed by atoms with E-state index in [1.54, 1.807) is 18.2 Å². The second-order valence-corrected chi connectivity index (χ2v) is 6.99. The summed E-state index contributed by atoms with van der Waals surface area (Å²) in [5.74, 6) is -1.95. The minimum atomic E-state index is -0.935. The Bertz CT molecular complexity index is 821. The summed E-state index contributed by atoms with van der Waals surface area (Å²) in [6.07, 6.45) is 1.25. The number of hydrogen-bond acceptors (Lipinski definition) is 6. The third-order valence-electron chi connectivity index (χ3n) is 5.32. The molecule has 3 heterocycles. The first-order valence-electron chi connectivity index (χ1n) is 8.81. The lowest BCUT2D eigenvalue weighted by Crippen LogP contribution is -2.54. The number of nitrogens with one attached hydrogen (secondary N) is 3. The third-order valence-corrected chi connectivity index (χ3v) is 5.32. The van der Waals surface area contributed by atoms with Gasteiger partial charge in [0.15, 0.2) is 0 Å². The van der Waals surface area contributed by atoms with E-state index in [0.29, 0.717) is 17.2 Å². The number of carbonyl (C=O) groups is 4. The average molecular weight is 356 g/mol. The van der Waals surface area contributed by atoms with Gasteiger partial charge in [-0.3, -0.25) is 29.4 Å². The summed E-state index contributed by atoms with van der Waals surface area (Å²) >= 11 is 0. The molecule has 4 rings (SSSR count). The summed E-state index contributed by atoms with van der Waals surface area (Å²) in [5, 5.41) is 8.94. The molecule has 3 aliphatic heterocycles. The molecule has 3 atom stereocenters. The maximum absolute atomic E-state index is 12.8. The van der Waals surface area contributed by atoms with Gasteiger partial charge in [0.1, 0.15) is 6.04 Å². The number of anilines is 1. The maximum Gasteiger partial charge on any atom is 0.262 e. The minimum Gasteiger partial charge on any atom is -0.381 e. The molecule has 0 bridgehead atoms. The molecule has 3 N–H and O–H groups in total. The largest absolute Gasteiger partial charge is 0.381 e. The van der Waals surface area contributed by atoms with Crippen molar-refractivity contribution < 1.29 is 19.2 Å². The third kappa shape index (κ3) is 2.66. The summed E-state index contributed by atoms with van der Waals surface area (Å²) in [6, 6.07) is 4.72. The summed E-state index contributed by atoms with van der Waals surface area (Å²) < 4.78 is 0. The fraction of sp³-hybridized carbons (Fsp3) is 0.444. The van der Waals surface area contributed by atoms with E-state index in [-0.39, 0.29) is 24.8 Å². The first-order valence-corrected chi connectivity index (χ1v) is 8.81. The van der Waals surface area contributed by atoms with Gasteiger partial charge in [-0.15, -0.1) is 0 Å². The smallest absolute Gasteiger partial charge is 0.262 e. The number of piperidine rings is 1. The monoisotopic (exact) mass is 356 g/mol. The van der Waals surface area contributed by atoms with Gasteiger partial charge in [-0.1, -0.05) is 0 Å². The quantitative estimate of drug-likeness (QED) is 0.670. The summed E-state index contributed by atoms with van der Waals surface area (Å²) in [7, 11) is 0. The topological polar surface area (TPSA) is 108 Å². The Balaban J connectivity index is 1.58. The van der Waals surface area contributed by atoms with Crippen LogP contribution in [-0.4, -0.2) is 53.2 Å². The Labute approximate surface area is 150 Å². The molecule has 136 valence electrons. The van der Waals surface area contributed by atoms with Crippen molar-refractivity contribution in [3.63, 3.8) is 0 Å². The van der Waals surface area contributed by atoms with Crippen LogP contribution in [0.15, 0.2) is 18.2 Å². The molecule has 1 unspecified atom stereocenters. The lowest BCUT2D eigenvalue weighted by Gasteiger charge is -2.27. The predicted octanol–water partition coefficient (Wildman–Crippen LogP) is 0.250. The van der Waals surface area contributed by atoms with Crippen molar-refractivity contribution in [1.29, 1.82) is 0 Å². The molecular formula is C18H20N4O4. The van der Waals surface area contributed by atoms with E-state index >= 15 is 0 Å². The zero-order valence-electron chi connectivity index (χ0n) is 14.4. The van der Waals surface area contributed by atoms with Gasteiger partial charge in [0.05, 0.1) is 11.1 Å². The average Bonchev–Trinajstić information content (AvgIpc) is 3.11. The second-order valence-electron chi connectivity index (χ2n) is 6.99. The number of amides is 4. The number of nitrogens with zero attached hydrogens (tertiary/aromatic N) is 1. The van der Waals surface area contributed by atoms with Gasteiger partial charge < -0.3 is 10.6 Å². The van der Waals surface area contributed by atoms with E-state index in [4.69, 9.17) is 0 Å². The van der Waals surface area contributed by atoms with Crippen molar-refractivity contribution in [2.75, 3.05) is 11.9 Å². The van der Waals surface area contributed by atoms with Gasteiger partial charge in [-0.05, 0) is 44.5 Å². The van der Waals surface area contributed by atoms with Crippen LogP contribution < -0.4 is 16.0 Å². The SMILES string of the molecule is C[C@H]1NCC[C@@H]1Nc1ccc2c(c1)C(=O)N(C1CCC(=O)NC1=O)C2=O. The van der Waals surface area contributed by atoms with Crippen LogP contribution >= 0.6 is 0 Å². The zero-order chi connectivity index (χ0) is 18.4. The molecule has 3 aliphatic rings. The minimum absolute atomic E-state index is 0.114. The molecule has 8 nitrogen and oxygen atoms in total. The molecular weight excluding hydrogens is 336 g/mol. The van der Waals surface area contributed by atoms with Crippen molar-refractivity contribution >= 4 is 29.3 Å². The van der Waals surface area contributed by atoms with Crippen LogP contribution in [0.3, 0.4) is 0 Å². The Hall–Kier alpha value is -2.74. The van der Waals surface area contributed by atoms with E-state index in [2.05, 4.69) is 22.9 Å². The summed E-state index contributed by atoms with van der Waals surface area (Å²) in [6.45, 7) is 3.03. The van der Waals surface area contributed by atoms with E-state index in [1.165, 1.54) is 0 Å². The highest BCUT2D eigenvalue weighted by atomic mass is 16.2. The fourth-order valence-electron chi connectivity index (χ4n) is 3.83. The van der Waals surface area contributed by atoms with Crippen LogP contribution in [0.4, 0.5) is 5.69 Å². The van der Waals surface area contributed by atoms with Crippen LogP contribution in [-0.2, 0) is 9.59 Å². The molecule has 26 heavy (non-hydrogen) atoms. The zero-order valence-corrected chi connectivity index (χ0v) is 14.4.